The summed E-state index contributed by atoms with van der Waals surface area (Å²) < 4.78 is 27.1. The molecule has 2 heterocycles. The molecular formula is C13H24N4O2S. The van der Waals surface area contributed by atoms with Crippen LogP contribution in [0.25, 0.3) is 0 Å². The van der Waals surface area contributed by atoms with E-state index in [-0.39, 0.29) is 5.03 Å². The van der Waals surface area contributed by atoms with Gasteiger partial charge in [-0.2, -0.15) is 9.40 Å². The lowest BCUT2D eigenvalue weighted by Crippen LogP contribution is -2.39. The third-order valence-electron chi connectivity index (χ3n) is 3.79. The van der Waals surface area contributed by atoms with Crippen molar-refractivity contribution in [2.24, 2.45) is 5.92 Å². The SMILES string of the molecule is CCNCc1c(S(=O)(=O)N2CCCC(C)C2)n[nH]c1C. The lowest BCUT2D eigenvalue weighted by molar-refractivity contribution is 0.280. The Morgan fingerprint density at radius 2 is 2.25 bits per heavy atom. The molecule has 1 aliphatic rings. The third kappa shape index (κ3) is 3.05. The fourth-order valence-corrected chi connectivity index (χ4v) is 4.35. The molecule has 0 saturated carbocycles. The topological polar surface area (TPSA) is 78.1 Å². The van der Waals surface area contributed by atoms with E-state index in [2.05, 4.69) is 22.4 Å². The lowest BCUT2D eigenvalue weighted by atomic mass is 10.0. The summed E-state index contributed by atoms with van der Waals surface area (Å²) in [6.45, 7) is 8.46. The lowest BCUT2D eigenvalue weighted by Gasteiger charge is -2.29. The van der Waals surface area contributed by atoms with Gasteiger partial charge in [-0.15, -0.1) is 0 Å². The first kappa shape index (κ1) is 15.5. The first-order valence-electron chi connectivity index (χ1n) is 7.21. The zero-order valence-electron chi connectivity index (χ0n) is 12.4. The Morgan fingerprint density at radius 1 is 1.50 bits per heavy atom. The molecule has 1 aromatic heterocycles. The molecule has 20 heavy (non-hydrogen) atoms. The second kappa shape index (κ2) is 6.24. The van der Waals surface area contributed by atoms with Crippen molar-refractivity contribution in [1.82, 2.24) is 19.8 Å². The van der Waals surface area contributed by atoms with Gasteiger partial charge < -0.3 is 5.32 Å². The molecule has 0 radical (unpaired) electrons. The highest BCUT2D eigenvalue weighted by Gasteiger charge is 2.32. The van der Waals surface area contributed by atoms with E-state index in [1.54, 1.807) is 4.31 Å². The van der Waals surface area contributed by atoms with Gasteiger partial charge in [-0.1, -0.05) is 13.8 Å². The van der Waals surface area contributed by atoms with Gasteiger partial charge >= 0.3 is 0 Å². The van der Waals surface area contributed by atoms with Crippen molar-refractivity contribution < 1.29 is 8.42 Å². The third-order valence-corrected chi connectivity index (χ3v) is 5.63. The zero-order chi connectivity index (χ0) is 14.8. The van der Waals surface area contributed by atoms with Gasteiger partial charge in [-0.3, -0.25) is 5.10 Å². The molecule has 1 fully saturated rings. The summed E-state index contributed by atoms with van der Waals surface area (Å²) in [6, 6.07) is 0. The Bertz CT molecular complexity index is 553. The predicted octanol–water partition coefficient (Wildman–Crippen LogP) is 1.25. The van der Waals surface area contributed by atoms with Gasteiger partial charge in [0.2, 0.25) is 0 Å². The molecule has 7 heteroatoms. The monoisotopic (exact) mass is 300 g/mol. The van der Waals surface area contributed by atoms with Gasteiger partial charge in [0.1, 0.15) is 0 Å². The van der Waals surface area contributed by atoms with Crippen LogP contribution in [0.5, 0.6) is 0 Å². The summed E-state index contributed by atoms with van der Waals surface area (Å²) in [5, 5.41) is 10.2. The van der Waals surface area contributed by atoms with E-state index < -0.39 is 10.0 Å². The molecule has 1 unspecified atom stereocenters. The van der Waals surface area contributed by atoms with Crippen LogP contribution in [0.2, 0.25) is 0 Å². The predicted molar refractivity (Wildman–Crippen MR) is 77.9 cm³/mol. The molecule has 0 amide bonds. The van der Waals surface area contributed by atoms with Crippen LogP contribution in [-0.2, 0) is 16.6 Å². The Kier molecular flexibility index (Phi) is 4.82. The second-order valence-corrected chi connectivity index (χ2v) is 7.38. The summed E-state index contributed by atoms with van der Waals surface area (Å²) >= 11 is 0. The molecule has 2 N–H and O–H groups in total. The summed E-state index contributed by atoms with van der Waals surface area (Å²) in [7, 11) is -3.48. The van der Waals surface area contributed by atoms with Crippen LogP contribution < -0.4 is 5.32 Å². The summed E-state index contributed by atoms with van der Waals surface area (Å²) in [5.74, 6) is 0.413. The number of rotatable bonds is 5. The van der Waals surface area contributed by atoms with E-state index in [9.17, 15) is 8.42 Å². The summed E-state index contributed by atoms with van der Waals surface area (Å²) in [4.78, 5) is 0. The van der Waals surface area contributed by atoms with E-state index in [1.807, 2.05) is 13.8 Å². The van der Waals surface area contributed by atoms with Crippen LogP contribution in [0, 0.1) is 12.8 Å². The number of nitrogens with zero attached hydrogens (tertiary/aromatic N) is 2. The molecule has 1 atom stereocenters. The Hall–Kier alpha value is -0.920. The van der Waals surface area contributed by atoms with Gasteiger partial charge in [0, 0.05) is 30.9 Å². The molecule has 114 valence electrons. The van der Waals surface area contributed by atoms with Crippen LogP contribution in [0.3, 0.4) is 0 Å². The number of hydrogen-bond donors (Lipinski definition) is 2. The largest absolute Gasteiger partial charge is 0.313 e. The molecule has 1 saturated heterocycles. The summed E-state index contributed by atoms with van der Waals surface area (Å²) in [6.07, 6.45) is 2.02. The second-order valence-electron chi connectivity index (χ2n) is 5.52. The summed E-state index contributed by atoms with van der Waals surface area (Å²) in [5.41, 5.74) is 1.57. The van der Waals surface area contributed by atoms with Crippen molar-refractivity contribution in [2.45, 2.75) is 45.2 Å². The first-order valence-corrected chi connectivity index (χ1v) is 8.65. The van der Waals surface area contributed by atoms with Crippen molar-refractivity contribution in [3.05, 3.63) is 11.3 Å². The van der Waals surface area contributed by atoms with Crippen LogP contribution >= 0.6 is 0 Å². The number of sulfonamides is 1. The first-order chi connectivity index (χ1) is 9.46. The average Bonchev–Trinajstić information content (AvgIpc) is 2.78. The molecule has 1 aromatic rings. The number of H-pyrrole nitrogens is 1. The van der Waals surface area contributed by atoms with Crippen LogP contribution in [0.15, 0.2) is 5.03 Å². The molecular weight excluding hydrogens is 276 g/mol. The van der Waals surface area contributed by atoms with Gasteiger partial charge in [-0.05, 0) is 32.2 Å². The maximum absolute atomic E-state index is 12.7. The van der Waals surface area contributed by atoms with Crippen molar-refractivity contribution in [3.8, 4) is 0 Å². The standard InChI is InChI=1S/C13H24N4O2S/c1-4-14-8-12-11(3)15-16-13(12)20(18,19)17-7-5-6-10(2)9-17/h10,14H,4-9H2,1-3H3,(H,15,16). The van der Waals surface area contributed by atoms with Crippen molar-refractivity contribution >= 4 is 10.0 Å². The molecule has 0 aliphatic carbocycles. The molecule has 1 aliphatic heterocycles. The number of aromatic amines is 1. The van der Waals surface area contributed by atoms with E-state index in [0.29, 0.717) is 25.6 Å². The number of nitrogens with one attached hydrogen (secondary N) is 2. The number of aromatic nitrogens is 2. The number of aryl methyl sites for hydroxylation is 1. The van der Waals surface area contributed by atoms with Crippen LogP contribution in [0.1, 0.15) is 37.9 Å². The molecule has 0 spiro atoms. The minimum Gasteiger partial charge on any atom is -0.313 e. The fourth-order valence-electron chi connectivity index (χ4n) is 2.59. The average molecular weight is 300 g/mol. The highest BCUT2D eigenvalue weighted by Crippen LogP contribution is 2.25. The van der Waals surface area contributed by atoms with Crippen LogP contribution in [-0.4, -0.2) is 42.6 Å². The minimum atomic E-state index is -3.48. The van der Waals surface area contributed by atoms with E-state index in [0.717, 1.165) is 30.6 Å². The van der Waals surface area contributed by atoms with Crippen LogP contribution in [0.4, 0.5) is 0 Å². The highest BCUT2D eigenvalue weighted by molar-refractivity contribution is 7.89. The van der Waals surface area contributed by atoms with Gasteiger partial charge in [0.25, 0.3) is 10.0 Å². The fraction of sp³-hybridized carbons (Fsp3) is 0.769. The van der Waals surface area contributed by atoms with E-state index in [1.165, 1.54) is 0 Å². The molecule has 0 bridgehead atoms. The van der Waals surface area contributed by atoms with Crippen molar-refractivity contribution in [1.29, 1.82) is 0 Å². The normalized spacial score (nSPS) is 21.2. The van der Waals surface area contributed by atoms with Crippen molar-refractivity contribution in [3.63, 3.8) is 0 Å². The molecule has 6 nitrogen and oxygen atoms in total. The Labute approximate surface area is 121 Å². The van der Waals surface area contributed by atoms with Crippen molar-refractivity contribution in [2.75, 3.05) is 19.6 Å². The maximum atomic E-state index is 12.7. The number of piperidine rings is 1. The maximum Gasteiger partial charge on any atom is 0.262 e. The van der Waals surface area contributed by atoms with Gasteiger partial charge in [0.15, 0.2) is 5.03 Å². The Balaban J connectivity index is 2.29. The molecule has 2 rings (SSSR count). The highest BCUT2D eigenvalue weighted by atomic mass is 32.2. The van der Waals surface area contributed by atoms with E-state index in [4.69, 9.17) is 0 Å². The minimum absolute atomic E-state index is 0.185. The smallest absolute Gasteiger partial charge is 0.262 e. The number of hydrogen-bond acceptors (Lipinski definition) is 4. The van der Waals surface area contributed by atoms with E-state index >= 15 is 0 Å². The molecule has 0 aromatic carbocycles. The Morgan fingerprint density at radius 3 is 2.90 bits per heavy atom. The van der Waals surface area contributed by atoms with Gasteiger partial charge in [-0.25, -0.2) is 8.42 Å². The zero-order valence-corrected chi connectivity index (χ0v) is 13.3. The van der Waals surface area contributed by atoms with Gasteiger partial charge in [0.05, 0.1) is 0 Å². The quantitative estimate of drug-likeness (QED) is 0.858.